The second-order valence-corrected chi connectivity index (χ2v) is 6.64. The lowest BCUT2D eigenvalue weighted by Crippen LogP contribution is -2.38. The van der Waals surface area contributed by atoms with Crippen LogP contribution >= 0.6 is 0 Å². The smallest absolute Gasteiger partial charge is 0.462 e. The summed E-state index contributed by atoms with van der Waals surface area (Å²) in [7, 11) is 0. The zero-order valence-electron chi connectivity index (χ0n) is 15.2. The van der Waals surface area contributed by atoms with E-state index >= 15 is 0 Å². The molecule has 2 rings (SSSR count). The minimum atomic E-state index is -4.87. The lowest BCUT2D eigenvalue weighted by molar-refractivity contribution is -0.274. The fraction of sp³-hybridized carbons (Fsp3) is 0.474. The van der Waals surface area contributed by atoms with Crippen molar-refractivity contribution in [3.63, 3.8) is 0 Å². The number of benzene rings is 1. The van der Waals surface area contributed by atoms with Crippen molar-refractivity contribution in [1.82, 2.24) is 0 Å². The first kappa shape index (κ1) is 21.7. The van der Waals surface area contributed by atoms with Gasteiger partial charge >= 0.3 is 18.3 Å². The van der Waals surface area contributed by atoms with Gasteiger partial charge in [0.2, 0.25) is 0 Å². The third-order valence-corrected chi connectivity index (χ3v) is 4.22. The Balaban J connectivity index is 1.89. The number of halogens is 3. The molecule has 154 valence electrons. The van der Waals surface area contributed by atoms with E-state index in [1.807, 2.05) is 0 Å². The minimum absolute atomic E-state index is 0.0863. The van der Waals surface area contributed by atoms with Crippen LogP contribution in [0.4, 0.5) is 13.2 Å². The number of carbonyl (C=O) groups excluding carboxylic acids is 2. The van der Waals surface area contributed by atoms with E-state index < -0.39 is 36.3 Å². The maximum absolute atomic E-state index is 12.3. The summed E-state index contributed by atoms with van der Waals surface area (Å²) in [6, 6.07) is 4.52. The van der Waals surface area contributed by atoms with Gasteiger partial charge in [0.15, 0.2) is 0 Å². The van der Waals surface area contributed by atoms with Crippen molar-refractivity contribution in [3.05, 3.63) is 42.0 Å². The molecule has 1 aromatic carbocycles. The maximum atomic E-state index is 12.3. The molecule has 6 nitrogen and oxygen atoms in total. The molecule has 0 saturated heterocycles. The fourth-order valence-corrected chi connectivity index (χ4v) is 2.83. The van der Waals surface area contributed by atoms with Gasteiger partial charge in [-0.15, -0.1) is 13.2 Å². The molecule has 0 aromatic heterocycles. The number of esters is 2. The Morgan fingerprint density at radius 2 is 2.00 bits per heavy atom. The van der Waals surface area contributed by atoms with Crippen molar-refractivity contribution in [2.75, 3.05) is 6.61 Å². The largest absolute Gasteiger partial charge is 0.573 e. The van der Waals surface area contributed by atoms with Crippen LogP contribution < -0.4 is 4.74 Å². The molecule has 0 radical (unpaired) electrons. The average Bonchev–Trinajstić information content (AvgIpc) is 2.60. The summed E-state index contributed by atoms with van der Waals surface area (Å²) >= 11 is 0. The molecule has 0 bridgehead atoms. The summed E-state index contributed by atoms with van der Waals surface area (Å²) < 4.78 is 50.9. The van der Waals surface area contributed by atoms with Crippen LogP contribution in [0, 0.1) is 5.92 Å². The van der Waals surface area contributed by atoms with Crippen molar-refractivity contribution in [2.45, 2.75) is 44.8 Å². The number of ether oxygens (including phenoxy) is 3. The number of hydrogen-bond donors (Lipinski definition) is 1. The van der Waals surface area contributed by atoms with Crippen LogP contribution in [0.15, 0.2) is 36.4 Å². The van der Waals surface area contributed by atoms with Crippen molar-refractivity contribution in [1.29, 1.82) is 0 Å². The number of alkyl halides is 3. The Hall–Kier alpha value is -2.55. The zero-order chi connectivity index (χ0) is 20.9. The van der Waals surface area contributed by atoms with E-state index in [-0.39, 0.29) is 30.1 Å². The minimum Gasteiger partial charge on any atom is -0.462 e. The van der Waals surface area contributed by atoms with Crippen molar-refractivity contribution in [3.8, 4) is 5.75 Å². The summed E-state index contributed by atoms with van der Waals surface area (Å²) in [6.45, 7) is 5.14. The van der Waals surface area contributed by atoms with Crippen LogP contribution in [-0.4, -0.2) is 42.2 Å². The third kappa shape index (κ3) is 6.56. The molecule has 3 unspecified atom stereocenters. The monoisotopic (exact) mass is 402 g/mol. The Morgan fingerprint density at radius 1 is 1.29 bits per heavy atom. The third-order valence-electron chi connectivity index (χ3n) is 4.22. The lowest BCUT2D eigenvalue weighted by atomic mass is 9.85. The molecular weight excluding hydrogens is 381 g/mol. The van der Waals surface area contributed by atoms with Gasteiger partial charge in [-0.05, 0) is 50.3 Å². The van der Waals surface area contributed by atoms with Gasteiger partial charge in [0.05, 0.1) is 18.3 Å². The Morgan fingerprint density at radius 3 is 2.61 bits per heavy atom. The molecule has 1 aromatic rings. The second kappa shape index (κ2) is 9.09. The van der Waals surface area contributed by atoms with Crippen LogP contribution in [-0.2, 0) is 14.3 Å². The van der Waals surface area contributed by atoms with Crippen LogP contribution in [0.5, 0.6) is 5.75 Å². The van der Waals surface area contributed by atoms with Crippen LogP contribution in [0.25, 0.3) is 0 Å². The summed E-state index contributed by atoms with van der Waals surface area (Å²) in [4.78, 5) is 23.6. The highest BCUT2D eigenvalue weighted by molar-refractivity contribution is 5.90. The molecule has 0 aliphatic heterocycles. The Bertz CT molecular complexity index is 731. The standard InChI is InChI=1S/C19H21F3O6/c1-11(2)17(24)26-10-12-6-7-16(15(23)8-12)27-18(25)13-4-3-5-14(9-13)28-19(20,21)22/h3-5,9,12,15-16,23H,1,6-8,10H2,2H3. The first-order valence-electron chi connectivity index (χ1n) is 8.62. The van der Waals surface area contributed by atoms with Gasteiger partial charge in [-0.1, -0.05) is 12.6 Å². The maximum Gasteiger partial charge on any atom is 0.573 e. The molecule has 1 saturated carbocycles. The van der Waals surface area contributed by atoms with E-state index in [0.717, 1.165) is 12.1 Å². The molecule has 0 spiro atoms. The van der Waals surface area contributed by atoms with Crippen molar-refractivity contribution < 1.29 is 42.1 Å². The number of rotatable bonds is 6. The van der Waals surface area contributed by atoms with E-state index in [0.29, 0.717) is 12.8 Å². The SMILES string of the molecule is C=C(C)C(=O)OCC1CCC(OC(=O)c2cccc(OC(F)(F)F)c2)C(O)C1. The van der Waals surface area contributed by atoms with Gasteiger partial charge in [0.25, 0.3) is 0 Å². The lowest BCUT2D eigenvalue weighted by Gasteiger charge is -2.32. The topological polar surface area (TPSA) is 82.1 Å². The normalized spacial score (nSPS) is 22.2. The Labute approximate surface area is 159 Å². The summed E-state index contributed by atoms with van der Waals surface area (Å²) in [5.74, 6) is -1.99. The quantitative estimate of drug-likeness (QED) is 0.580. The molecule has 1 fully saturated rings. The van der Waals surface area contributed by atoms with Crippen LogP contribution in [0.1, 0.15) is 36.5 Å². The molecular formula is C19H21F3O6. The van der Waals surface area contributed by atoms with E-state index in [1.165, 1.54) is 19.1 Å². The van der Waals surface area contributed by atoms with E-state index in [2.05, 4.69) is 11.3 Å². The first-order valence-corrected chi connectivity index (χ1v) is 8.62. The molecule has 3 atom stereocenters. The Kier molecular flexibility index (Phi) is 7.06. The molecule has 1 aliphatic carbocycles. The molecule has 0 amide bonds. The van der Waals surface area contributed by atoms with Crippen molar-refractivity contribution in [2.24, 2.45) is 5.92 Å². The second-order valence-electron chi connectivity index (χ2n) is 6.64. The van der Waals surface area contributed by atoms with E-state index in [1.54, 1.807) is 0 Å². The number of carbonyl (C=O) groups is 2. The van der Waals surface area contributed by atoms with Crippen molar-refractivity contribution >= 4 is 11.9 Å². The molecule has 9 heteroatoms. The molecule has 0 heterocycles. The average molecular weight is 402 g/mol. The predicted molar refractivity (Wildman–Crippen MR) is 91.4 cm³/mol. The highest BCUT2D eigenvalue weighted by Gasteiger charge is 2.33. The fourth-order valence-electron chi connectivity index (χ4n) is 2.83. The zero-order valence-corrected chi connectivity index (χ0v) is 15.2. The van der Waals surface area contributed by atoms with E-state index in [9.17, 15) is 27.9 Å². The summed E-state index contributed by atoms with van der Waals surface area (Å²) in [5, 5.41) is 10.2. The first-order chi connectivity index (χ1) is 13.0. The predicted octanol–water partition coefficient (Wildman–Crippen LogP) is 3.39. The highest BCUT2D eigenvalue weighted by atomic mass is 19.4. The number of aliphatic hydroxyl groups is 1. The summed E-state index contributed by atoms with van der Waals surface area (Å²) in [6.07, 6.45) is -5.49. The molecule has 1 N–H and O–H groups in total. The van der Waals surface area contributed by atoms with Gasteiger partial charge in [-0.2, -0.15) is 0 Å². The van der Waals surface area contributed by atoms with Gasteiger partial charge < -0.3 is 19.3 Å². The highest BCUT2D eigenvalue weighted by Crippen LogP contribution is 2.29. The van der Waals surface area contributed by atoms with Crippen LogP contribution in [0.2, 0.25) is 0 Å². The van der Waals surface area contributed by atoms with Gasteiger partial charge in [0.1, 0.15) is 11.9 Å². The number of aliphatic hydroxyl groups excluding tert-OH is 1. The molecule has 28 heavy (non-hydrogen) atoms. The molecule has 1 aliphatic rings. The van der Waals surface area contributed by atoms with Gasteiger partial charge in [-0.3, -0.25) is 0 Å². The summed E-state index contributed by atoms with van der Waals surface area (Å²) in [5.41, 5.74) is 0.159. The van der Waals surface area contributed by atoms with Gasteiger partial charge in [-0.25, -0.2) is 9.59 Å². The van der Waals surface area contributed by atoms with E-state index in [4.69, 9.17) is 9.47 Å². The van der Waals surface area contributed by atoms with Gasteiger partial charge in [0, 0.05) is 5.57 Å². The number of hydrogen-bond acceptors (Lipinski definition) is 6. The van der Waals surface area contributed by atoms with Crippen LogP contribution in [0.3, 0.4) is 0 Å².